The standard InChI is InChI=1S/C13H24N2O3/c1-4-9(2)10(14)11(16)15-7-5-6-13(3,8-15)12(17)18/h9-10H,4-8,14H2,1-3H3,(H,17,18)/t9-,10-,13?/m0/s1. The molecule has 1 fully saturated rings. The number of nitrogens with two attached hydrogens (primary N) is 1. The molecule has 3 atom stereocenters. The summed E-state index contributed by atoms with van der Waals surface area (Å²) in [4.78, 5) is 25.1. The highest BCUT2D eigenvalue weighted by atomic mass is 16.4. The number of carbonyl (C=O) groups excluding carboxylic acids is 1. The monoisotopic (exact) mass is 256 g/mol. The summed E-state index contributed by atoms with van der Waals surface area (Å²) in [6.07, 6.45) is 2.18. The van der Waals surface area contributed by atoms with Crippen LogP contribution in [-0.2, 0) is 9.59 Å². The van der Waals surface area contributed by atoms with Gasteiger partial charge in [0.1, 0.15) is 0 Å². The highest BCUT2D eigenvalue weighted by molar-refractivity contribution is 5.83. The van der Waals surface area contributed by atoms with Gasteiger partial charge in [-0.2, -0.15) is 0 Å². The lowest BCUT2D eigenvalue weighted by Gasteiger charge is -2.39. The summed E-state index contributed by atoms with van der Waals surface area (Å²) in [5.74, 6) is -0.829. The maximum absolute atomic E-state index is 12.2. The molecule has 18 heavy (non-hydrogen) atoms. The molecule has 1 amide bonds. The van der Waals surface area contributed by atoms with Crippen molar-refractivity contribution >= 4 is 11.9 Å². The van der Waals surface area contributed by atoms with E-state index >= 15 is 0 Å². The Bertz CT molecular complexity index is 332. The van der Waals surface area contributed by atoms with Gasteiger partial charge in [-0.3, -0.25) is 9.59 Å². The molecule has 1 rings (SSSR count). The predicted molar refractivity (Wildman–Crippen MR) is 69.0 cm³/mol. The molecule has 0 aromatic carbocycles. The molecule has 1 unspecified atom stereocenters. The summed E-state index contributed by atoms with van der Waals surface area (Å²) in [7, 11) is 0. The minimum Gasteiger partial charge on any atom is -0.481 e. The molecule has 5 heteroatoms. The van der Waals surface area contributed by atoms with Crippen LogP contribution in [0.2, 0.25) is 0 Å². The summed E-state index contributed by atoms with van der Waals surface area (Å²) in [6, 6.07) is -0.522. The molecule has 104 valence electrons. The van der Waals surface area contributed by atoms with Gasteiger partial charge in [-0.15, -0.1) is 0 Å². The number of piperidine rings is 1. The van der Waals surface area contributed by atoms with E-state index in [0.717, 1.165) is 12.8 Å². The van der Waals surface area contributed by atoms with Crippen molar-refractivity contribution < 1.29 is 14.7 Å². The smallest absolute Gasteiger partial charge is 0.311 e. The van der Waals surface area contributed by atoms with Crippen molar-refractivity contribution in [2.75, 3.05) is 13.1 Å². The van der Waals surface area contributed by atoms with Crippen molar-refractivity contribution in [3.63, 3.8) is 0 Å². The van der Waals surface area contributed by atoms with Gasteiger partial charge in [0.25, 0.3) is 0 Å². The van der Waals surface area contributed by atoms with Crippen LogP contribution in [0.4, 0.5) is 0 Å². The number of carboxylic acid groups (broad SMARTS) is 1. The van der Waals surface area contributed by atoms with Crippen LogP contribution in [0.25, 0.3) is 0 Å². The Morgan fingerprint density at radius 3 is 2.61 bits per heavy atom. The van der Waals surface area contributed by atoms with E-state index in [1.54, 1.807) is 11.8 Å². The SMILES string of the molecule is CC[C@H](C)[C@H](N)C(=O)N1CCCC(C)(C(=O)O)C1. The fraction of sp³-hybridized carbons (Fsp3) is 0.846. The van der Waals surface area contributed by atoms with Gasteiger partial charge >= 0.3 is 5.97 Å². The second-order valence-corrected chi connectivity index (χ2v) is 5.64. The molecule has 5 nitrogen and oxygen atoms in total. The number of nitrogens with zero attached hydrogens (tertiary/aromatic N) is 1. The molecular weight excluding hydrogens is 232 g/mol. The minimum atomic E-state index is -0.836. The van der Waals surface area contributed by atoms with Gasteiger partial charge < -0.3 is 15.7 Å². The highest BCUT2D eigenvalue weighted by Crippen LogP contribution is 2.30. The fourth-order valence-electron chi connectivity index (χ4n) is 2.31. The van der Waals surface area contributed by atoms with Gasteiger partial charge in [0.15, 0.2) is 0 Å². The summed E-state index contributed by atoms with van der Waals surface area (Å²) in [6.45, 7) is 6.53. The molecular formula is C13H24N2O3. The van der Waals surface area contributed by atoms with Crippen LogP contribution in [0.1, 0.15) is 40.0 Å². The molecule has 0 saturated carbocycles. The van der Waals surface area contributed by atoms with E-state index in [9.17, 15) is 14.7 Å². The van der Waals surface area contributed by atoms with Gasteiger partial charge in [-0.25, -0.2) is 0 Å². The quantitative estimate of drug-likeness (QED) is 0.788. The number of rotatable bonds is 4. The van der Waals surface area contributed by atoms with Crippen LogP contribution < -0.4 is 5.73 Å². The third-order valence-electron chi connectivity index (χ3n) is 4.07. The van der Waals surface area contributed by atoms with Crippen LogP contribution in [0.3, 0.4) is 0 Å². The molecule has 0 aromatic rings. The lowest BCUT2D eigenvalue weighted by molar-refractivity contribution is -0.154. The van der Waals surface area contributed by atoms with E-state index in [4.69, 9.17) is 5.73 Å². The van der Waals surface area contributed by atoms with Crippen molar-refractivity contribution in [2.24, 2.45) is 17.1 Å². The van der Waals surface area contributed by atoms with E-state index in [1.165, 1.54) is 0 Å². The Morgan fingerprint density at radius 1 is 1.50 bits per heavy atom. The molecule has 3 N–H and O–H groups in total. The first kappa shape index (κ1) is 15.0. The van der Waals surface area contributed by atoms with Crippen LogP contribution in [0, 0.1) is 11.3 Å². The zero-order valence-electron chi connectivity index (χ0n) is 11.5. The van der Waals surface area contributed by atoms with Crippen molar-refractivity contribution in [3.8, 4) is 0 Å². The molecule has 1 aliphatic rings. The van der Waals surface area contributed by atoms with E-state index < -0.39 is 17.4 Å². The molecule has 0 aromatic heterocycles. The van der Waals surface area contributed by atoms with Gasteiger partial charge in [0.05, 0.1) is 11.5 Å². The predicted octanol–water partition coefficient (Wildman–Crippen LogP) is 1.07. The molecule has 0 spiro atoms. The summed E-state index contributed by atoms with van der Waals surface area (Å²) >= 11 is 0. The third-order valence-corrected chi connectivity index (χ3v) is 4.07. The Morgan fingerprint density at radius 2 is 2.11 bits per heavy atom. The van der Waals surface area contributed by atoms with Crippen molar-refractivity contribution in [2.45, 2.75) is 46.1 Å². The first-order chi connectivity index (χ1) is 8.31. The Balaban J connectivity index is 2.72. The van der Waals surface area contributed by atoms with Crippen LogP contribution >= 0.6 is 0 Å². The molecule has 0 radical (unpaired) electrons. The van der Waals surface area contributed by atoms with Crippen molar-refractivity contribution in [1.82, 2.24) is 4.90 Å². The molecule has 0 bridgehead atoms. The Labute approximate surface area is 108 Å². The van der Waals surface area contributed by atoms with Crippen LogP contribution in [0.5, 0.6) is 0 Å². The number of hydrogen-bond acceptors (Lipinski definition) is 3. The number of hydrogen-bond donors (Lipinski definition) is 2. The number of likely N-dealkylation sites (tertiary alicyclic amines) is 1. The second kappa shape index (κ2) is 5.69. The van der Waals surface area contributed by atoms with Crippen molar-refractivity contribution in [1.29, 1.82) is 0 Å². The first-order valence-corrected chi connectivity index (χ1v) is 6.59. The van der Waals surface area contributed by atoms with E-state index in [-0.39, 0.29) is 18.4 Å². The zero-order valence-corrected chi connectivity index (χ0v) is 11.5. The number of amides is 1. The van der Waals surface area contributed by atoms with Gasteiger partial charge in [0, 0.05) is 13.1 Å². The average Bonchev–Trinajstić information content (AvgIpc) is 2.35. The van der Waals surface area contributed by atoms with E-state index in [0.29, 0.717) is 13.0 Å². The maximum Gasteiger partial charge on any atom is 0.311 e. The van der Waals surface area contributed by atoms with Gasteiger partial charge in [-0.05, 0) is 25.7 Å². The first-order valence-electron chi connectivity index (χ1n) is 6.59. The average molecular weight is 256 g/mol. The normalized spacial score (nSPS) is 27.7. The minimum absolute atomic E-state index is 0.114. The van der Waals surface area contributed by atoms with E-state index in [1.807, 2.05) is 13.8 Å². The zero-order chi connectivity index (χ0) is 13.9. The van der Waals surface area contributed by atoms with Gasteiger partial charge in [-0.1, -0.05) is 20.3 Å². The number of carbonyl (C=O) groups is 2. The molecule has 1 saturated heterocycles. The van der Waals surface area contributed by atoms with Crippen LogP contribution in [-0.4, -0.2) is 41.0 Å². The summed E-state index contributed by atoms with van der Waals surface area (Å²) < 4.78 is 0. The Hall–Kier alpha value is -1.10. The van der Waals surface area contributed by atoms with Gasteiger partial charge in [0.2, 0.25) is 5.91 Å². The molecule has 1 aliphatic heterocycles. The molecule has 1 heterocycles. The summed E-state index contributed by atoms with van der Waals surface area (Å²) in [5, 5.41) is 9.22. The lowest BCUT2D eigenvalue weighted by Crippen LogP contribution is -2.54. The number of aliphatic carboxylic acids is 1. The van der Waals surface area contributed by atoms with Crippen molar-refractivity contribution in [3.05, 3.63) is 0 Å². The molecule has 0 aliphatic carbocycles. The van der Waals surface area contributed by atoms with Crippen LogP contribution in [0.15, 0.2) is 0 Å². The lowest BCUT2D eigenvalue weighted by atomic mass is 9.81. The highest BCUT2D eigenvalue weighted by Gasteiger charge is 2.40. The number of carboxylic acids is 1. The topological polar surface area (TPSA) is 83.6 Å². The second-order valence-electron chi connectivity index (χ2n) is 5.64. The largest absolute Gasteiger partial charge is 0.481 e. The third kappa shape index (κ3) is 3.02. The Kier molecular flexibility index (Phi) is 4.73. The summed E-state index contributed by atoms with van der Waals surface area (Å²) in [5.41, 5.74) is 5.10. The fourth-order valence-corrected chi connectivity index (χ4v) is 2.31. The maximum atomic E-state index is 12.2. The van der Waals surface area contributed by atoms with E-state index in [2.05, 4.69) is 0 Å².